The minimum Gasteiger partial charge on any atom is -0.507 e. The normalized spacial score (nSPS) is 11.2. The Morgan fingerprint density at radius 3 is 2.48 bits per heavy atom. The topological polar surface area (TPSA) is 58.4 Å². The average molecular weight is 440 g/mol. The molecule has 0 atom stereocenters. The number of rotatable bonds is 11. The van der Waals surface area contributed by atoms with Crippen LogP contribution in [0.4, 0.5) is 0 Å². The van der Waals surface area contributed by atoms with Gasteiger partial charge in [0.15, 0.2) is 0 Å². The lowest BCUT2D eigenvalue weighted by molar-refractivity contribution is 0.272. The molecule has 3 aromatic rings. The summed E-state index contributed by atoms with van der Waals surface area (Å²) in [6, 6.07) is 18.2. The van der Waals surface area contributed by atoms with E-state index < -0.39 is 0 Å². The van der Waals surface area contributed by atoms with Crippen molar-refractivity contribution >= 4 is 11.6 Å². The van der Waals surface area contributed by atoms with Crippen LogP contribution in [-0.4, -0.2) is 32.9 Å². The highest BCUT2D eigenvalue weighted by molar-refractivity contribution is 6.31. The number of halogens is 1. The molecule has 0 bridgehead atoms. The summed E-state index contributed by atoms with van der Waals surface area (Å²) in [5, 5.41) is 15.3. The van der Waals surface area contributed by atoms with Crippen LogP contribution in [-0.2, 0) is 13.1 Å². The Morgan fingerprint density at radius 1 is 0.968 bits per heavy atom. The van der Waals surface area contributed by atoms with Gasteiger partial charge in [0.2, 0.25) is 0 Å². The standard InChI is InChI=1S/C25H30ClN3O2/c1-2-28(19-20-11-5-7-13-22(20)26)17-9-3-4-10-18-29-25(31)16-15-23(27-29)21-12-6-8-14-24(21)30/h5-8,11-16,30H,2-4,9-10,17-19H2,1H3. The minimum atomic E-state index is -0.115. The third-order valence-corrected chi connectivity index (χ3v) is 5.81. The van der Waals surface area contributed by atoms with E-state index >= 15 is 0 Å². The molecule has 0 unspecified atom stereocenters. The van der Waals surface area contributed by atoms with Gasteiger partial charge in [-0.25, -0.2) is 4.68 Å². The van der Waals surface area contributed by atoms with Crippen molar-refractivity contribution in [1.29, 1.82) is 0 Å². The van der Waals surface area contributed by atoms with Crippen molar-refractivity contribution in [3.05, 3.63) is 81.6 Å². The van der Waals surface area contributed by atoms with Crippen LogP contribution >= 0.6 is 11.6 Å². The van der Waals surface area contributed by atoms with Gasteiger partial charge in [-0.2, -0.15) is 5.10 Å². The van der Waals surface area contributed by atoms with Gasteiger partial charge in [0, 0.05) is 29.7 Å². The van der Waals surface area contributed by atoms with Gasteiger partial charge in [-0.05, 0) is 55.8 Å². The Bertz CT molecular complexity index is 1040. The molecule has 0 fully saturated rings. The van der Waals surface area contributed by atoms with Crippen LogP contribution in [0.1, 0.15) is 38.2 Å². The Balaban J connectivity index is 1.44. The second-order valence-corrected chi connectivity index (χ2v) is 8.08. The van der Waals surface area contributed by atoms with Crippen LogP contribution in [0.15, 0.2) is 65.5 Å². The molecule has 31 heavy (non-hydrogen) atoms. The first kappa shape index (κ1) is 23.0. The number of benzene rings is 2. The molecule has 0 saturated carbocycles. The molecule has 0 spiro atoms. The summed E-state index contributed by atoms with van der Waals surface area (Å²) in [6.45, 7) is 5.64. The van der Waals surface area contributed by atoms with Gasteiger partial charge in [0.1, 0.15) is 5.75 Å². The maximum atomic E-state index is 12.2. The van der Waals surface area contributed by atoms with Gasteiger partial charge >= 0.3 is 0 Å². The molecule has 1 heterocycles. The molecule has 3 rings (SSSR count). The lowest BCUT2D eigenvalue weighted by atomic mass is 10.1. The number of nitrogens with zero attached hydrogens (tertiary/aromatic N) is 3. The lowest BCUT2D eigenvalue weighted by Gasteiger charge is -2.21. The highest BCUT2D eigenvalue weighted by atomic mass is 35.5. The van der Waals surface area contributed by atoms with E-state index in [4.69, 9.17) is 11.6 Å². The van der Waals surface area contributed by atoms with E-state index in [9.17, 15) is 9.90 Å². The van der Waals surface area contributed by atoms with E-state index in [2.05, 4.69) is 23.0 Å². The fraction of sp³-hybridized carbons (Fsp3) is 0.360. The molecule has 0 saturated heterocycles. The van der Waals surface area contributed by atoms with E-state index in [-0.39, 0.29) is 11.3 Å². The maximum absolute atomic E-state index is 12.2. The number of phenols is 1. The second-order valence-electron chi connectivity index (χ2n) is 7.67. The Hall–Kier alpha value is -2.63. The van der Waals surface area contributed by atoms with Crippen molar-refractivity contribution in [1.82, 2.24) is 14.7 Å². The Morgan fingerprint density at radius 2 is 1.71 bits per heavy atom. The highest BCUT2D eigenvalue weighted by Gasteiger charge is 2.08. The number of hydrogen-bond acceptors (Lipinski definition) is 4. The fourth-order valence-electron chi connectivity index (χ4n) is 3.61. The van der Waals surface area contributed by atoms with Crippen molar-refractivity contribution in [2.45, 2.75) is 45.7 Å². The minimum absolute atomic E-state index is 0.115. The molecule has 0 aliphatic heterocycles. The molecular formula is C25H30ClN3O2. The monoisotopic (exact) mass is 439 g/mol. The molecule has 0 aliphatic rings. The molecule has 164 valence electrons. The molecule has 6 heteroatoms. The summed E-state index contributed by atoms with van der Waals surface area (Å²) in [4.78, 5) is 14.6. The summed E-state index contributed by atoms with van der Waals surface area (Å²) in [5.74, 6) is 0.164. The van der Waals surface area contributed by atoms with Gasteiger partial charge in [-0.1, -0.05) is 61.7 Å². The molecule has 0 amide bonds. The molecule has 5 nitrogen and oxygen atoms in total. The summed E-state index contributed by atoms with van der Waals surface area (Å²) in [5.41, 5.74) is 2.29. The number of aryl methyl sites for hydroxylation is 1. The number of hydrogen-bond donors (Lipinski definition) is 1. The van der Waals surface area contributed by atoms with Crippen molar-refractivity contribution < 1.29 is 5.11 Å². The van der Waals surface area contributed by atoms with Crippen LogP contribution in [0.5, 0.6) is 5.75 Å². The zero-order chi connectivity index (χ0) is 22.1. The largest absolute Gasteiger partial charge is 0.507 e. The molecule has 2 aromatic carbocycles. The highest BCUT2D eigenvalue weighted by Crippen LogP contribution is 2.26. The number of phenolic OH excluding ortho intramolecular Hbond substituents is 1. The van der Waals surface area contributed by atoms with Crippen molar-refractivity contribution in [2.24, 2.45) is 0 Å². The van der Waals surface area contributed by atoms with Crippen LogP contribution < -0.4 is 5.56 Å². The first-order valence-electron chi connectivity index (χ1n) is 10.9. The summed E-state index contributed by atoms with van der Waals surface area (Å²) in [7, 11) is 0. The first-order valence-corrected chi connectivity index (χ1v) is 11.3. The van der Waals surface area contributed by atoms with Gasteiger partial charge < -0.3 is 5.11 Å². The van der Waals surface area contributed by atoms with Gasteiger partial charge in [0.25, 0.3) is 5.56 Å². The molecule has 0 aliphatic carbocycles. The zero-order valence-corrected chi connectivity index (χ0v) is 18.8. The lowest BCUT2D eigenvalue weighted by Crippen LogP contribution is -2.24. The van der Waals surface area contributed by atoms with Gasteiger partial charge in [-0.15, -0.1) is 0 Å². The third kappa shape index (κ3) is 6.68. The van der Waals surface area contributed by atoms with Gasteiger partial charge in [0.05, 0.1) is 5.69 Å². The smallest absolute Gasteiger partial charge is 0.266 e. The summed E-state index contributed by atoms with van der Waals surface area (Å²) in [6.07, 6.45) is 4.15. The zero-order valence-electron chi connectivity index (χ0n) is 18.0. The fourth-order valence-corrected chi connectivity index (χ4v) is 3.81. The summed E-state index contributed by atoms with van der Waals surface area (Å²) >= 11 is 6.28. The first-order chi connectivity index (χ1) is 15.1. The predicted octanol–water partition coefficient (Wildman–Crippen LogP) is 5.35. The molecule has 0 radical (unpaired) electrons. The van der Waals surface area contributed by atoms with E-state index in [1.807, 2.05) is 24.3 Å². The predicted molar refractivity (Wildman–Crippen MR) is 126 cm³/mol. The molecule has 1 aromatic heterocycles. The average Bonchev–Trinajstić information content (AvgIpc) is 2.78. The van der Waals surface area contributed by atoms with Gasteiger partial charge in [-0.3, -0.25) is 9.69 Å². The SMILES string of the molecule is CCN(CCCCCCn1nc(-c2ccccc2O)ccc1=O)Cc1ccccc1Cl. The quantitative estimate of drug-likeness (QED) is 0.409. The maximum Gasteiger partial charge on any atom is 0.266 e. The Kier molecular flexibility index (Phi) is 8.68. The number of para-hydroxylation sites is 1. The van der Waals surface area contributed by atoms with E-state index in [1.54, 1.807) is 24.3 Å². The van der Waals surface area contributed by atoms with Crippen molar-refractivity contribution in [2.75, 3.05) is 13.1 Å². The Labute approximate surface area is 188 Å². The van der Waals surface area contributed by atoms with Crippen LogP contribution in [0, 0.1) is 0 Å². The molecular weight excluding hydrogens is 410 g/mol. The molecule has 1 N–H and O–H groups in total. The summed E-state index contributed by atoms with van der Waals surface area (Å²) < 4.78 is 1.50. The van der Waals surface area contributed by atoms with Crippen molar-refractivity contribution in [3.8, 4) is 17.0 Å². The van der Waals surface area contributed by atoms with E-state index in [1.165, 1.54) is 16.3 Å². The number of unbranched alkanes of at least 4 members (excludes halogenated alkanes) is 3. The second kappa shape index (κ2) is 11.7. The van der Waals surface area contributed by atoms with E-state index in [0.717, 1.165) is 50.3 Å². The van der Waals surface area contributed by atoms with Crippen LogP contribution in [0.2, 0.25) is 5.02 Å². The van der Waals surface area contributed by atoms with Crippen molar-refractivity contribution in [3.63, 3.8) is 0 Å². The van der Waals surface area contributed by atoms with Crippen LogP contribution in [0.3, 0.4) is 0 Å². The van der Waals surface area contributed by atoms with Crippen LogP contribution in [0.25, 0.3) is 11.3 Å². The third-order valence-electron chi connectivity index (χ3n) is 5.44. The number of aromatic nitrogens is 2. The van der Waals surface area contributed by atoms with E-state index in [0.29, 0.717) is 17.8 Å². The number of aromatic hydroxyl groups is 1.